The van der Waals surface area contributed by atoms with E-state index >= 15 is 0 Å². The molecular weight excluding hydrogens is 392 g/mol. The fourth-order valence-electron chi connectivity index (χ4n) is 3.29. The van der Waals surface area contributed by atoms with Crippen molar-refractivity contribution in [2.75, 3.05) is 13.2 Å². The highest BCUT2D eigenvalue weighted by atomic mass is 16.5. The van der Waals surface area contributed by atoms with Crippen LogP contribution >= 0.6 is 0 Å². The van der Waals surface area contributed by atoms with Gasteiger partial charge in [0.25, 0.3) is 11.8 Å². The van der Waals surface area contributed by atoms with E-state index in [2.05, 4.69) is 5.32 Å². The van der Waals surface area contributed by atoms with Crippen LogP contribution in [-0.2, 0) is 14.3 Å². The quantitative estimate of drug-likeness (QED) is 0.584. The van der Waals surface area contributed by atoms with Crippen LogP contribution in [0.1, 0.15) is 50.9 Å². The Balaban J connectivity index is 1.84. The highest BCUT2D eigenvalue weighted by Gasteiger charge is 2.24. The third-order valence-electron chi connectivity index (χ3n) is 5.42. The summed E-state index contributed by atoms with van der Waals surface area (Å²) >= 11 is 0. The van der Waals surface area contributed by atoms with Crippen LogP contribution in [0.3, 0.4) is 0 Å². The molecule has 0 saturated carbocycles. The smallest absolute Gasteiger partial charge is 0.325 e. The lowest BCUT2D eigenvalue weighted by Gasteiger charge is -2.33. The van der Waals surface area contributed by atoms with Gasteiger partial charge in [-0.3, -0.25) is 14.4 Å². The average Bonchev–Trinajstić information content (AvgIpc) is 2.81. The summed E-state index contributed by atoms with van der Waals surface area (Å²) in [6, 6.07) is 17.1. The average molecular weight is 425 g/mol. The molecule has 0 heterocycles. The number of esters is 1. The van der Waals surface area contributed by atoms with E-state index in [0.717, 1.165) is 24.0 Å². The minimum atomic E-state index is -0.643. The van der Waals surface area contributed by atoms with Crippen LogP contribution in [0.15, 0.2) is 54.6 Å². The van der Waals surface area contributed by atoms with E-state index in [-0.39, 0.29) is 37.0 Å². The topological polar surface area (TPSA) is 75.7 Å². The van der Waals surface area contributed by atoms with Gasteiger partial charge in [0.05, 0.1) is 0 Å². The number of hydrogen-bond donors (Lipinski definition) is 1. The van der Waals surface area contributed by atoms with Crippen molar-refractivity contribution in [3.05, 3.63) is 60.2 Å². The van der Waals surface area contributed by atoms with Crippen molar-refractivity contribution in [2.45, 2.75) is 52.6 Å². The van der Waals surface area contributed by atoms with Gasteiger partial charge in [-0.2, -0.15) is 0 Å². The second kappa shape index (κ2) is 11.9. The zero-order valence-electron chi connectivity index (χ0n) is 18.8. The van der Waals surface area contributed by atoms with Gasteiger partial charge in [0.2, 0.25) is 0 Å². The first-order valence-corrected chi connectivity index (χ1v) is 10.8. The first kappa shape index (κ1) is 24.1. The van der Waals surface area contributed by atoms with Crippen LogP contribution in [0.2, 0.25) is 0 Å². The molecule has 0 aliphatic heterocycles. The SMILES string of the molecule is CC[C@@H](C)N(C(=O)COC(=O)CNC(=O)c1ccc(-c2ccccc2)cc1)[C@@H](C)CC. The number of rotatable bonds is 10. The maximum absolute atomic E-state index is 12.5. The Kier molecular flexibility index (Phi) is 9.25. The number of carbonyl (C=O) groups is 3. The molecule has 0 saturated heterocycles. The van der Waals surface area contributed by atoms with Gasteiger partial charge < -0.3 is 15.0 Å². The Labute approximate surface area is 184 Å². The highest BCUT2D eigenvalue weighted by molar-refractivity contribution is 5.96. The molecule has 1 N–H and O–H groups in total. The second-order valence-corrected chi connectivity index (χ2v) is 7.60. The maximum atomic E-state index is 12.5. The van der Waals surface area contributed by atoms with E-state index < -0.39 is 5.97 Å². The summed E-state index contributed by atoms with van der Waals surface area (Å²) in [5.74, 6) is -1.24. The van der Waals surface area contributed by atoms with E-state index in [1.807, 2.05) is 70.2 Å². The van der Waals surface area contributed by atoms with E-state index in [0.29, 0.717) is 5.56 Å². The summed E-state index contributed by atoms with van der Waals surface area (Å²) in [7, 11) is 0. The zero-order chi connectivity index (χ0) is 22.8. The molecule has 6 nitrogen and oxygen atoms in total. The molecule has 0 aliphatic carbocycles. The van der Waals surface area contributed by atoms with Gasteiger partial charge in [0, 0.05) is 17.6 Å². The maximum Gasteiger partial charge on any atom is 0.325 e. The van der Waals surface area contributed by atoms with E-state index in [1.165, 1.54) is 0 Å². The van der Waals surface area contributed by atoms with Gasteiger partial charge in [0.15, 0.2) is 6.61 Å². The molecule has 6 heteroatoms. The van der Waals surface area contributed by atoms with Crippen molar-refractivity contribution in [1.29, 1.82) is 0 Å². The summed E-state index contributed by atoms with van der Waals surface area (Å²) in [4.78, 5) is 38.6. The normalized spacial score (nSPS) is 12.5. The number of ether oxygens (including phenoxy) is 1. The van der Waals surface area contributed by atoms with Crippen molar-refractivity contribution < 1.29 is 19.1 Å². The first-order valence-electron chi connectivity index (χ1n) is 10.8. The van der Waals surface area contributed by atoms with Crippen LogP contribution in [-0.4, -0.2) is 47.9 Å². The Morgan fingerprint density at radius 3 is 1.97 bits per heavy atom. The summed E-state index contributed by atoms with van der Waals surface area (Å²) < 4.78 is 5.09. The fraction of sp³-hybridized carbons (Fsp3) is 0.400. The van der Waals surface area contributed by atoms with Crippen LogP contribution in [0, 0.1) is 0 Å². The molecule has 0 bridgehead atoms. The van der Waals surface area contributed by atoms with Crippen LogP contribution < -0.4 is 5.32 Å². The molecule has 2 rings (SSSR count). The Hall–Kier alpha value is -3.15. The van der Waals surface area contributed by atoms with Crippen LogP contribution in [0.5, 0.6) is 0 Å². The van der Waals surface area contributed by atoms with Crippen molar-refractivity contribution >= 4 is 17.8 Å². The minimum absolute atomic E-state index is 0.0692. The second-order valence-electron chi connectivity index (χ2n) is 7.60. The number of carbonyl (C=O) groups excluding carboxylic acids is 3. The lowest BCUT2D eigenvalue weighted by Crippen LogP contribution is -2.46. The molecule has 2 aromatic carbocycles. The number of hydrogen-bond acceptors (Lipinski definition) is 4. The zero-order valence-corrected chi connectivity index (χ0v) is 18.8. The van der Waals surface area contributed by atoms with Gasteiger partial charge in [-0.1, -0.05) is 56.3 Å². The van der Waals surface area contributed by atoms with Crippen molar-refractivity contribution in [1.82, 2.24) is 10.2 Å². The van der Waals surface area contributed by atoms with Gasteiger partial charge in [-0.05, 0) is 49.9 Å². The van der Waals surface area contributed by atoms with Gasteiger partial charge in [-0.15, -0.1) is 0 Å². The van der Waals surface area contributed by atoms with E-state index in [9.17, 15) is 14.4 Å². The number of nitrogens with one attached hydrogen (secondary N) is 1. The summed E-state index contributed by atoms with van der Waals surface area (Å²) in [6.07, 6.45) is 1.65. The Morgan fingerprint density at radius 2 is 1.42 bits per heavy atom. The predicted molar refractivity (Wildman–Crippen MR) is 122 cm³/mol. The molecule has 0 aliphatic rings. The molecule has 2 atom stereocenters. The van der Waals surface area contributed by atoms with Crippen LogP contribution in [0.25, 0.3) is 11.1 Å². The lowest BCUT2D eigenvalue weighted by atomic mass is 10.0. The number of amides is 2. The van der Waals surface area contributed by atoms with Gasteiger partial charge >= 0.3 is 5.97 Å². The standard InChI is InChI=1S/C25H32N2O4/c1-5-18(3)27(19(4)6-2)23(28)17-31-24(29)16-26-25(30)22-14-12-21(13-15-22)20-10-8-7-9-11-20/h7-15,18-19H,5-6,16-17H2,1-4H3,(H,26,30)/t18-,19+. The molecular formula is C25H32N2O4. The largest absolute Gasteiger partial charge is 0.454 e. The van der Waals surface area contributed by atoms with E-state index in [4.69, 9.17) is 4.74 Å². The van der Waals surface area contributed by atoms with Crippen LogP contribution in [0.4, 0.5) is 0 Å². The van der Waals surface area contributed by atoms with E-state index in [1.54, 1.807) is 17.0 Å². The fourth-order valence-corrected chi connectivity index (χ4v) is 3.29. The number of nitrogens with zero attached hydrogens (tertiary/aromatic N) is 1. The van der Waals surface area contributed by atoms with Crippen molar-refractivity contribution in [2.24, 2.45) is 0 Å². The predicted octanol–water partition coefficient (Wildman–Crippen LogP) is 4.05. The molecule has 0 radical (unpaired) electrons. The van der Waals surface area contributed by atoms with Gasteiger partial charge in [-0.25, -0.2) is 0 Å². The molecule has 0 fully saturated rings. The minimum Gasteiger partial charge on any atom is -0.454 e. The Bertz CT molecular complexity index is 855. The van der Waals surface area contributed by atoms with Crippen molar-refractivity contribution in [3.8, 4) is 11.1 Å². The molecule has 0 spiro atoms. The number of benzene rings is 2. The molecule has 2 amide bonds. The summed E-state index contributed by atoms with van der Waals surface area (Å²) in [5, 5.41) is 2.54. The van der Waals surface area contributed by atoms with Crippen molar-refractivity contribution in [3.63, 3.8) is 0 Å². The summed E-state index contributed by atoms with van der Waals surface area (Å²) in [5.41, 5.74) is 2.51. The lowest BCUT2D eigenvalue weighted by molar-refractivity contribution is -0.153. The van der Waals surface area contributed by atoms with Gasteiger partial charge in [0.1, 0.15) is 6.54 Å². The summed E-state index contributed by atoms with van der Waals surface area (Å²) in [6.45, 7) is 7.38. The Morgan fingerprint density at radius 1 is 0.871 bits per heavy atom. The highest BCUT2D eigenvalue weighted by Crippen LogP contribution is 2.19. The first-order chi connectivity index (χ1) is 14.9. The molecule has 2 aromatic rings. The molecule has 31 heavy (non-hydrogen) atoms. The molecule has 0 aromatic heterocycles. The molecule has 166 valence electrons. The third-order valence-corrected chi connectivity index (χ3v) is 5.42. The molecule has 0 unspecified atom stereocenters. The third kappa shape index (κ3) is 6.95. The monoisotopic (exact) mass is 424 g/mol.